The molecule has 5 rings (SSSR count). The maximum atomic E-state index is 15.5. The number of carbonyl (C=O) groups excluding carboxylic acids is 4. The van der Waals surface area contributed by atoms with Gasteiger partial charge < -0.3 is 44.5 Å². The first-order valence-corrected chi connectivity index (χ1v) is 19.1. The van der Waals surface area contributed by atoms with E-state index in [0.717, 1.165) is 30.0 Å². The Labute approximate surface area is 298 Å². The third-order valence-electron chi connectivity index (χ3n) is 9.72. The summed E-state index contributed by atoms with van der Waals surface area (Å²) < 4.78 is 71.5. The van der Waals surface area contributed by atoms with Crippen LogP contribution >= 0.6 is 15.2 Å². The van der Waals surface area contributed by atoms with Crippen molar-refractivity contribution in [3.05, 3.63) is 47.3 Å². The number of rotatable bonds is 11. The Kier molecular flexibility index (Phi) is 10.6. The van der Waals surface area contributed by atoms with Gasteiger partial charge in [0, 0.05) is 31.6 Å². The molecule has 23 heteroatoms. The van der Waals surface area contributed by atoms with Crippen molar-refractivity contribution in [1.82, 2.24) is 15.6 Å². The molecule has 0 radical (unpaired) electrons. The predicted molar refractivity (Wildman–Crippen MR) is 174 cm³/mol. The van der Waals surface area contributed by atoms with Gasteiger partial charge in [-0.25, -0.2) is 22.9 Å². The number of ketones is 1. The second kappa shape index (κ2) is 14.1. The van der Waals surface area contributed by atoms with Gasteiger partial charge in [-0.15, -0.1) is 0 Å². The third-order valence-corrected chi connectivity index (χ3v) is 13.6. The van der Waals surface area contributed by atoms with E-state index in [1.54, 1.807) is 4.90 Å². The largest absolute Gasteiger partial charge is 0.481 e. The molecule has 288 valence electrons. The number of pyridine rings is 1. The number of fused-ring (bicyclic) bond motifs is 2. The maximum absolute atomic E-state index is 15.5. The fraction of sp³-hybridized carbons (Fsp3) is 0.467. The molecule has 0 spiro atoms. The number of Topliss-reactive ketones (excluding diaryl/α,β-unsaturated/α-hetero) is 1. The van der Waals surface area contributed by atoms with Crippen LogP contribution in [0.4, 0.5) is 35.3 Å². The number of carbonyl (C=O) groups is 5. The number of imide groups is 1. The number of ether oxygens (including phenoxy) is 1. The van der Waals surface area contributed by atoms with E-state index in [1.165, 1.54) is 6.92 Å². The van der Waals surface area contributed by atoms with Gasteiger partial charge in [-0.05, 0) is 56.2 Å². The first kappa shape index (κ1) is 39.8. The summed E-state index contributed by atoms with van der Waals surface area (Å²) in [5.41, 5.74) is -0.646. The fourth-order valence-corrected chi connectivity index (χ4v) is 8.26. The van der Waals surface area contributed by atoms with Crippen molar-refractivity contribution >= 4 is 62.2 Å². The molecule has 6 atom stereocenters. The molecule has 3 aliphatic rings. The number of carboxylic acid groups (broad SMARTS) is 1. The van der Waals surface area contributed by atoms with E-state index in [4.69, 9.17) is 0 Å². The summed E-state index contributed by atoms with van der Waals surface area (Å²) in [4.78, 5) is 107. The van der Waals surface area contributed by atoms with Crippen LogP contribution in [0.2, 0.25) is 0 Å². The lowest BCUT2D eigenvalue weighted by molar-refractivity contribution is -0.140. The average Bonchev–Trinajstić information content (AvgIpc) is 3.45. The number of aromatic nitrogens is 1. The molecule has 1 aliphatic carbocycles. The van der Waals surface area contributed by atoms with Crippen LogP contribution in [0, 0.1) is 47.0 Å². The molecular formula is C30H34F3N5O13P2. The normalized spacial score (nSPS) is 22.3. The fourth-order valence-electron chi connectivity index (χ4n) is 6.50. The van der Waals surface area contributed by atoms with Crippen LogP contribution in [-0.2, 0) is 28.3 Å². The van der Waals surface area contributed by atoms with Crippen molar-refractivity contribution < 1.29 is 75.7 Å². The number of nitrogens with zero attached hydrogens (tertiary/aromatic N) is 3. The average molecular weight is 792 g/mol. The number of hydrogen-bond acceptors (Lipinski definition) is 11. The van der Waals surface area contributed by atoms with Gasteiger partial charge in [-0.3, -0.25) is 33.6 Å². The highest BCUT2D eigenvalue weighted by Gasteiger charge is 2.61. The zero-order valence-corrected chi connectivity index (χ0v) is 29.8. The van der Waals surface area contributed by atoms with E-state index >= 15 is 4.39 Å². The molecular weight excluding hydrogens is 757 g/mol. The van der Waals surface area contributed by atoms with Crippen LogP contribution in [0.15, 0.2) is 24.3 Å². The molecule has 3 heterocycles. The summed E-state index contributed by atoms with van der Waals surface area (Å²) >= 11 is 0. The van der Waals surface area contributed by atoms with Crippen molar-refractivity contribution in [3.8, 4) is 0 Å². The number of alkyl carbamates (subject to hydrolysis) is 1. The summed E-state index contributed by atoms with van der Waals surface area (Å²) in [6.07, 6.45) is -1.47. The number of benzene rings is 1. The van der Waals surface area contributed by atoms with Crippen molar-refractivity contribution in [1.29, 1.82) is 0 Å². The van der Waals surface area contributed by atoms with Gasteiger partial charge in [0.2, 0.25) is 11.8 Å². The SMILES string of the molecule is CC(CC1[C@H]2CN(c3nc4c(cc3F)C(=O)C(C(=O)O)CN4c3ccc(F)cc3F)C[C@@H]12)C(=O)NC(=O)[C@H](C)NC(=O)OC(C)(P(=O)(O)O)P(=O)(O)O. The summed E-state index contributed by atoms with van der Waals surface area (Å²) in [7, 11) is -11.4. The van der Waals surface area contributed by atoms with E-state index in [1.807, 2.05) is 5.32 Å². The van der Waals surface area contributed by atoms with Gasteiger partial charge in [0.15, 0.2) is 17.4 Å². The van der Waals surface area contributed by atoms with Gasteiger partial charge in [0.05, 0.1) is 11.3 Å². The monoisotopic (exact) mass is 791 g/mol. The molecule has 1 saturated heterocycles. The molecule has 53 heavy (non-hydrogen) atoms. The van der Waals surface area contributed by atoms with Gasteiger partial charge in [-0.2, -0.15) is 0 Å². The molecule has 1 aromatic heterocycles. The first-order chi connectivity index (χ1) is 24.4. The van der Waals surface area contributed by atoms with E-state index < -0.39 is 91.8 Å². The molecule has 7 N–H and O–H groups in total. The third kappa shape index (κ3) is 7.67. The number of aliphatic carboxylic acids is 1. The molecule has 0 bridgehead atoms. The van der Waals surface area contributed by atoms with E-state index in [0.29, 0.717) is 13.0 Å². The summed E-state index contributed by atoms with van der Waals surface area (Å²) in [5.74, 6) is -10.0. The van der Waals surface area contributed by atoms with Gasteiger partial charge >= 0.3 is 32.3 Å². The lowest BCUT2D eigenvalue weighted by atomic mass is 9.92. The topological polar surface area (TPSA) is 273 Å². The zero-order valence-electron chi connectivity index (χ0n) is 28.0. The smallest absolute Gasteiger partial charge is 0.409 e. The van der Waals surface area contributed by atoms with Crippen LogP contribution in [0.25, 0.3) is 0 Å². The number of amides is 3. The molecule has 3 amide bonds. The molecule has 1 aromatic carbocycles. The summed E-state index contributed by atoms with van der Waals surface area (Å²) in [6.45, 7) is 2.93. The minimum absolute atomic E-state index is 0.0328. The number of piperidine rings is 1. The van der Waals surface area contributed by atoms with Gasteiger partial charge in [0.25, 0.3) is 0 Å². The molecule has 3 unspecified atom stereocenters. The van der Waals surface area contributed by atoms with Crippen molar-refractivity contribution in [2.24, 2.45) is 29.6 Å². The van der Waals surface area contributed by atoms with Crippen LogP contribution in [-0.4, -0.2) is 90.1 Å². The lowest BCUT2D eigenvalue weighted by Gasteiger charge is -2.34. The van der Waals surface area contributed by atoms with Crippen molar-refractivity contribution in [2.75, 3.05) is 29.4 Å². The Morgan fingerprint density at radius 1 is 0.962 bits per heavy atom. The van der Waals surface area contributed by atoms with E-state index in [9.17, 15) is 66.6 Å². The molecule has 2 fully saturated rings. The second-order valence-electron chi connectivity index (χ2n) is 13.3. The van der Waals surface area contributed by atoms with Crippen LogP contribution in [0.3, 0.4) is 0 Å². The Morgan fingerprint density at radius 2 is 1.57 bits per heavy atom. The Bertz CT molecular complexity index is 1960. The highest BCUT2D eigenvalue weighted by Crippen LogP contribution is 2.69. The maximum Gasteiger partial charge on any atom is 0.409 e. The number of hydrogen-bond donors (Lipinski definition) is 7. The van der Waals surface area contributed by atoms with Crippen LogP contribution in [0.5, 0.6) is 0 Å². The molecule has 18 nitrogen and oxygen atoms in total. The Morgan fingerprint density at radius 3 is 2.11 bits per heavy atom. The quantitative estimate of drug-likeness (QED) is 0.127. The van der Waals surface area contributed by atoms with E-state index in [-0.39, 0.29) is 60.2 Å². The van der Waals surface area contributed by atoms with Crippen LogP contribution < -0.4 is 20.4 Å². The predicted octanol–water partition coefficient (Wildman–Crippen LogP) is 2.03. The minimum Gasteiger partial charge on any atom is -0.481 e. The molecule has 2 aliphatic heterocycles. The summed E-state index contributed by atoms with van der Waals surface area (Å²) in [6, 6.07) is 1.87. The van der Waals surface area contributed by atoms with Gasteiger partial charge in [0.1, 0.15) is 29.4 Å². The van der Waals surface area contributed by atoms with Gasteiger partial charge in [-0.1, -0.05) is 6.92 Å². The van der Waals surface area contributed by atoms with Crippen molar-refractivity contribution in [2.45, 2.75) is 38.3 Å². The summed E-state index contributed by atoms with van der Waals surface area (Å²) in [5, 5.41) is 9.99. The highest BCUT2D eigenvalue weighted by molar-refractivity contribution is 7.72. The van der Waals surface area contributed by atoms with Crippen molar-refractivity contribution in [3.63, 3.8) is 0 Å². The number of halogens is 3. The Hall–Kier alpha value is -4.39. The Balaban J connectivity index is 1.20. The second-order valence-corrected chi connectivity index (χ2v) is 17.5. The number of anilines is 3. The lowest BCUT2D eigenvalue weighted by Crippen LogP contribution is -2.49. The number of nitrogens with one attached hydrogen (secondary N) is 2. The highest BCUT2D eigenvalue weighted by atomic mass is 31.2. The van der Waals surface area contributed by atoms with Crippen LogP contribution in [0.1, 0.15) is 37.6 Å². The molecule has 1 saturated carbocycles. The minimum atomic E-state index is -5.72. The van der Waals surface area contributed by atoms with E-state index in [2.05, 4.69) is 15.0 Å². The first-order valence-electron chi connectivity index (χ1n) is 15.9. The number of carboxylic acids is 1. The molecule has 2 aromatic rings. The zero-order chi connectivity index (χ0) is 39.5. The standard InChI is InChI=1S/C30H34F3N5O13P2/c1-12(26(40)36-27(41)13(2)34-29(44)51-30(3,52(45,46)47)53(48,49)50)6-15-17-9-37(10-18(15)17)25-21(33)8-16-23(39)19(28(42)43)11-38(24(16)35-25)22-5-4-14(31)7-20(22)32/h4-5,7-8,12-13,15,17-19H,6,9-11H2,1-3H3,(H,34,44)(H,42,43)(H,36,40,41)(H2,45,46,47)(H2,48,49,50)/t12?,13-,15?,17-,18+,19?/m0/s1.